The van der Waals surface area contributed by atoms with Crippen molar-refractivity contribution in [2.75, 3.05) is 49.9 Å². The van der Waals surface area contributed by atoms with Crippen molar-refractivity contribution in [2.24, 2.45) is 0 Å². The van der Waals surface area contributed by atoms with E-state index in [-0.39, 0.29) is 6.03 Å². The number of hydrogen-bond acceptors (Lipinski definition) is 3. The van der Waals surface area contributed by atoms with Crippen molar-refractivity contribution in [1.82, 2.24) is 9.80 Å². The molecule has 5 heteroatoms. The first-order chi connectivity index (χ1) is 10.2. The average Bonchev–Trinajstić information content (AvgIpc) is 3.11. The standard InChI is InChI=1S/C16H24N4O/c17-14-4-6-15(7-5-14)20-13-12-19(16(20)21)11-3-10-18-8-1-2-9-18/h4-7H,1-3,8-13,17H2. The van der Waals surface area contributed by atoms with E-state index in [0.717, 1.165) is 44.0 Å². The number of nitrogen functional groups attached to an aromatic ring is 1. The summed E-state index contributed by atoms with van der Waals surface area (Å²) < 4.78 is 0. The maximum Gasteiger partial charge on any atom is 0.324 e. The molecule has 2 aliphatic heterocycles. The third-order valence-corrected chi connectivity index (χ3v) is 4.40. The predicted molar refractivity (Wildman–Crippen MR) is 85.5 cm³/mol. The van der Waals surface area contributed by atoms with Gasteiger partial charge in [-0.05, 0) is 63.2 Å². The number of benzene rings is 1. The molecule has 2 fully saturated rings. The highest BCUT2D eigenvalue weighted by molar-refractivity contribution is 5.94. The highest BCUT2D eigenvalue weighted by Gasteiger charge is 2.29. The lowest BCUT2D eigenvalue weighted by Gasteiger charge is -2.20. The number of carbonyl (C=O) groups excluding carboxylic acids is 1. The molecule has 2 heterocycles. The number of rotatable bonds is 5. The highest BCUT2D eigenvalue weighted by Crippen LogP contribution is 2.21. The third-order valence-electron chi connectivity index (χ3n) is 4.40. The van der Waals surface area contributed by atoms with E-state index < -0.39 is 0 Å². The van der Waals surface area contributed by atoms with Crippen molar-refractivity contribution in [1.29, 1.82) is 0 Å². The molecule has 0 aromatic heterocycles. The first-order valence-corrected chi connectivity index (χ1v) is 7.88. The lowest BCUT2D eigenvalue weighted by atomic mass is 10.2. The Bertz CT molecular complexity index is 482. The van der Waals surface area contributed by atoms with Gasteiger partial charge in [0.15, 0.2) is 0 Å². The van der Waals surface area contributed by atoms with E-state index >= 15 is 0 Å². The van der Waals surface area contributed by atoms with Crippen molar-refractivity contribution in [2.45, 2.75) is 19.3 Å². The van der Waals surface area contributed by atoms with Gasteiger partial charge in [-0.1, -0.05) is 0 Å². The topological polar surface area (TPSA) is 52.8 Å². The molecule has 0 aliphatic carbocycles. The zero-order valence-corrected chi connectivity index (χ0v) is 12.5. The van der Waals surface area contributed by atoms with Crippen molar-refractivity contribution in [3.05, 3.63) is 24.3 Å². The van der Waals surface area contributed by atoms with Crippen LogP contribution >= 0.6 is 0 Å². The Hall–Kier alpha value is -1.75. The van der Waals surface area contributed by atoms with Crippen LogP contribution in [0.1, 0.15) is 19.3 Å². The number of anilines is 2. The monoisotopic (exact) mass is 288 g/mol. The van der Waals surface area contributed by atoms with Crippen LogP contribution in [0, 0.1) is 0 Å². The van der Waals surface area contributed by atoms with Gasteiger partial charge in [0.05, 0.1) is 0 Å². The van der Waals surface area contributed by atoms with E-state index in [1.807, 2.05) is 34.1 Å². The number of carbonyl (C=O) groups is 1. The van der Waals surface area contributed by atoms with E-state index in [4.69, 9.17) is 5.73 Å². The summed E-state index contributed by atoms with van der Waals surface area (Å²) >= 11 is 0. The second-order valence-corrected chi connectivity index (χ2v) is 5.92. The summed E-state index contributed by atoms with van der Waals surface area (Å²) in [6.07, 6.45) is 3.72. The summed E-state index contributed by atoms with van der Waals surface area (Å²) in [6, 6.07) is 7.65. The SMILES string of the molecule is Nc1ccc(N2CCN(CCCN3CCCC3)C2=O)cc1. The molecule has 0 atom stereocenters. The van der Waals surface area contributed by atoms with Gasteiger partial charge >= 0.3 is 6.03 Å². The number of amides is 2. The Morgan fingerprint density at radius 2 is 1.67 bits per heavy atom. The Labute approximate surface area is 126 Å². The Kier molecular flexibility index (Phi) is 4.29. The Morgan fingerprint density at radius 1 is 0.952 bits per heavy atom. The van der Waals surface area contributed by atoms with Gasteiger partial charge in [-0.3, -0.25) is 4.90 Å². The van der Waals surface area contributed by atoms with Crippen LogP contribution in [0.25, 0.3) is 0 Å². The van der Waals surface area contributed by atoms with Crippen molar-refractivity contribution in [3.63, 3.8) is 0 Å². The van der Waals surface area contributed by atoms with Gasteiger partial charge in [0.2, 0.25) is 0 Å². The van der Waals surface area contributed by atoms with Crippen LogP contribution in [-0.4, -0.2) is 55.1 Å². The van der Waals surface area contributed by atoms with E-state index in [0.29, 0.717) is 0 Å². The molecule has 21 heavy (non-hydrogen) atoms. The molecule has 3 rings (SSSR count). The molecule has 5 nitrogen and oxygen atoms in total. The Balaban J connectivity index is 1.50. The highest BCUT2D eigenvalue weighted by atomic mass is 16.2. The number of hydrogen-bond donors (Lipinski definition) is 1. The lowest BCUT2D eigenvalue weighted by molar-refractivity contribution is 0.216. The van der Waals surface area contributed by atoms with Crippen LogP contribution in [0.15, 0.2) is 24.3 Å². The minimum Gasteiger partial charge on any atom is -0.399 e. The molecule has 0 saturated carbocycles. The Morgan fingerprint density at radius 3 is 2.38 bits per heavy atom. The molecule has 0 spiro atoms. The summed E-state index contributed by atoms with van der Waals surface area (Å²) in [5.41, 5.74) is 7.36. The average molecular weight is 288 g/mol. The van der Waals surface area contributed by atoms with Crippen LogP contribution in [0.2, 0.25) is 0 Å². The first kappa shape index (κ1) is 14.2. The maximum absolute atomic E-state index is 12.4. The molecule has 2 N–H and O–H groups in total. The fourth-order valence-electron chi connectivity index (χ4n) is 3.18. The summed E-state index contributed by atoms with van der Waals surface area (Å²) in [5.74, 6) is 0. The second kappa shape index (κ2) is 6.35. The van der Waals surface area contributed by atoms with E-state index in [9.17, 15) is 4.79 Å². The summed E-state index contributed by atoms with van der Waals surface area (Å²) in [5, 5.41) is 0. The molecule has 0 unspecified atom stereocenters. The van der Waals surface area contributed by atoms with Crippen LogP contribution in [-0.2, 0) is 0 Å². The molecule has 114 valence electrons. The smallest absolute Gasteiger partial charge is 0.324 e. The number of nitrogens with zero attached hydrogens (tertiary/aromatic N) is 3. The zero-order chi connectivity index (χ0) is 14.7. The molecular formula is C16H24N4O. The molecule has 2 saturated heterocycles. The summed E-state index contributed by atoms with van der Waals surface area (Å²) in [6.45, 7) is 6.03. The molecule has 0 bridgehead atoms. The quantitative estimate of drug-likeness (QED) is 0.843. The van der Waals surface area contributed by atoms with E-state index in [1.165, 1.54) is 25.9 Å². The fraction of sp³-hybridized carbons (Fsp3) is 0.562. The first-order valence-electron chi connectivity index (χ1n) is 7.88. The number of likely N-dealkylation sites (tertiary alicyclic amines) is 1. The fourth-order valence-corrected chi connectivity index (χ4v) is 3.18. The second-order valence-electron chi connectivity index (χ2n) is 5.92. The normalized spacial score (nSPS) is 19.7. The number of urea groups is 1. The van der Waals surface area contributed by atoms with E-state index in [1.54, 1.807) is 0 Å². The van der Waals surface area contributed by atoms with Gasteiger partial charge in [0.25, 0.3) is 0 Å². The lowest BCUT2D eigenvalue weighted by Crippen LogP contribution is -2.34. The number of nitrogens with two attached hydrogens (primary N) is 1. The van der Waals surface area contributed by atoms with Gasteiger partial charge in [0.1, 0.15) is 0 Å². The summed E-state index contributed by atoms with van der Waals surface area (Å²) in [4.78, 5) is 18.7. The van der Waals surface area contributed by atoms with Gasteiger partial charge < -0.3 is 15.5 Å². The zero-order valence-electron chi connectivity index (χ0n) is 12.5. The van der Waals surface area contributed by atoms with Crippen LogP contribution < -0.4 is 10.6 Å². The largest absolute Gasteiger partial charge is 0.399 e. The molecule has 2 aliphatic rings. The minimum absolute atomic E-state index is 0.126. The molecular weight excluding hydrogens is 264 g/mol. The van der Waals surface area contributed by atoms with E-state index in [2.05, 4.69) is 4.90 Å². The molecule has 2 amide bonds. The van der Waals surface area contributed by atoms with Gasteiger partial charge in [-0.15, -0.1) is 0 Å². The minimum atomic E-state index is 0.126. The van der Waals surface area contributed by atoms with Crippen molar-refractivity contribution < 1.29 is 4.79 Å². The van der Waals surface area contributed by atoms with Crippen LogP contribution in [0.5, 0.6) is 0 Å². The summed E-state index contributed by atoms with van der Waals surface area (Å²) in [7, 11) is 0. The van der Waals surface area contributed by atoms with Gasteiger partial charge in [0, 0.05) is 31.0 Å². The predicted octanol–water partition coefficient (Wildman–Crippen LogP) is 2.00. The van der Waals surface area contributed by atoms with Crippen molar-refractivity contribution in [3.8, 4) is 0 Å². The molecule has 1 aromatic carbocycles. The molecule has 1 aromatic rings. The van der Waals surface area contributed by atoms with Crippen molar-refractivity contribution >= 4 is 17.4 Å². The van der Waals surface area contributed by atoms with Crippen LogP contribution in [0.3, 0.4) is 0 Å². The van der Waals surface area contributed by atoms with Gasteiger partial charge in [-0.25, -0.2) is 4.79 Å². The maximum atomic E-state index is 12.4. The molecule has 0 radical (unpaired) electrons. The van der Waals surface area contributed by atoms with Crippen LogP contribution in [0.4, 0.5) is 16.2 Å². The van der Waals surface area contributed by atoms with Gasteiger partial charge in [-0.2, -0.15) is 0 Å². The third kappa shape index (κ3) is 3.29.